The molecule has 0 saturated heterocycles. The van der Waals surface area contributed by atoms with Crippen molar-refractivity contribution in [2.45, 2.75) is 19.5 Å². The minimum atomic E-state index is -2.51. The zero-order valence-electron chi connectivity index (χ0n) is 21.9. The molecule has 0 amide bonds. The minimum absolute atomic E-state index is 0.0553. The molecule has 4 rings (SSSR count). The first kappa shape index (κ1) is 27.1. The van der Waals surface area contributed by atoms with Crippen molar-refractivity contribution in [3.8, 4) is 0 Å². The molecule has 0 fully saturated rings. The Morgan fingerprint density at radius 3 is 2.26 bits per heavy atom. The molecule has 1 N–H and O–H groups in total. The maximum atomic E-state index is 16.1. The molecule has 10 heteroatoms. The quantitative estimate of drug-likeness (QED) is 0.358. The van der Waals surface area contributed by atoms with Crippen LogP contribution in [-0.2, 0) is 11.2 Å². The van der Waals surface area contributed by atoms with Gasteiger partial charge in [-0.05, 0) is 45.3 Å². The summed E-state index contributed by atoms with van der Waals surface area (Å²) in [6.07, 6.45) is 4.27. The Bertz CT molecular complexity index is 1550. The highest BCUT2D eigenvalue weighted by Gasteiger charge is 2.42. The number of aromatic carboxylic acids is 1. The number of aliphatic carboxylic acids is 1. The smallest absolute Gasteiger partial charge is 0.308 e. The number of nitrogens with zero attached hydrogens (tertiary/aromatic N) is 2. The normalized spacial score (nSPS) is 15.6. The predicted octanol–water partition coefficient (Wildman–Crippen LogP) is 2.64. The van der Waals surface area contributed by atoms with Crippen LogP contribution in [0.2, 0.25) is 13.1 Å². The van der Waals surface area contributed by atoms with E-state index in [0.29, 0.717) is 11.1 Å². The molecule has 0 radical (unpaired) electrons. The highest BCUT2D eigenvalue weighted by atomic mass is 28.3. The Kier molecular flexibility index (Phi) is 6.73. The minimum Gasteiger partial charge on any atom is -0.545 e. The van der Waals surface area contributed by atoms with Gasteiger partial charge in [0.25, 0.3) is 0 Å². The number of rotatable bonds is 5. The van der Waals surface area contributed by atoms with E-state index in [1.54, 1.807) is 24.3 Å². The SMILES string of the molecule is CN(C)c1ccc2c(c1)[Si](C)(C)C1=CC(=[N+](C)C)C=CC1=C2c1c(F)c(CC(=O)O)c(F)c(F)c1C(=O)[O-]. The van der Waals surface area contributed by atoms with Crippen molar-refractivity contribution >= 4 is 42.2 Å². The van der Waals surface area contributed by atoms with Gasteiger partial charge in [0.05, 0.1) is 12.4 Å². The number of benzene rings is 2. The zero-order valence-corrected chi connectivity index (χ0v) is 22.9. The van der Waals surface area contributed by atoms with Crippen molar-refractivity contribution in [1.82, 2.24) is 0 Å². The summed E-state index contributed by atoms with van der Waals surface area (Å²) in [6.45, 7) is 4.22. The molecule has 2 aromatic carbocycles. The van der Waals surface area contributed by atoms with Crippen LogP contribution in [0.3, 0.4) is 0 Å². The molecule has 6 nitrogen and oxygen atoms in total. The molecule has 0 bridgehead atoms. The van der Waals surface area contributed by atoms with Crippen LogP contribution in [0.5, 0.6) is 0 Å². The van der Waals surface area contributed by atoms with E-state index in [1.165, 1.54) is 0 Å². The van der Waals surface area contributed by atoms with Crippen molar-refractivity contribution < 1.29 is 37.5 Å². The number of halogens is 3. The monoisotopic (exact) mass is 540 g/mol. The fourth-order valence-corrected chi connectivity index (χ4v) is 8.16. The summed E-state index contributed by atoms with van der Waals surface area (Å²) in [5.41, 5.74) is -0.334. The molecule has 1 aliphatic heterocycles. The van der Waals surface area contributed by atoms with Crippen LogP contribution in [0.1, 0.15) is 27.0 Å². The second-order valence-electron chi connectivity index (χ2n) is 10.3. The largest absolute Gasteiger partial charge is 0.545 e. The number of allylic oxidation sites excluding steroid dienone is 5. The molecule has 1 aliphatic carbocycles. The number of hydrogen-bond donors (Lipinski definition) is 1. The Morgan fingerprint density at radius 1 is 1.05 bits per heavy atom. The van der Waals surface area contributed by atoms with Gasteiger partial charge in [0, 0.05) is 48.6 Å². The standard InChI is InChI=1S/C28H27F3N2O4Si/c1-32(2)14-7-9-16-19(11-14)38(5,6)20-12-15(33(3)4)8-10-17(20)22(16)23-24(28(36)37)27(31)26(30)18(25(23)29)13-21(34)35/h7-12H,13H2,1-6H3,(H-,34,35,36,37). The Hall–Kier alpha value is -3.92. The van der Waals surface area contributed by atoms with Crippen LogP contribution in [0, 0.1) is 17.5 Å². The highest BCUT2D eigenvalue weighted by molar-refractivity contribution is 6.98. The number of carbonyl (C=O) groups is 2. The van der Waals surface area contributed by atoms with Crippen molar-refractivity contribution in [3.63, 3.8) is 0 Å². The third kappa shape index (κ3) is 4.18. The van der Waals surface area contributed by atoms with Gasteiger partial charge in [0.15, 0.2) is 17.3 Å². The highest BCUT2D eigenvalue weighted by Crippen LogP contribution is 2.44. The zero-order chi connectivity index (χ0) is 28.3. The van der Waals surface area contributed by atoms with E-state index in [0.717, 1.165) is 21.8 Å². The van der Waals surface area contributed by atoms with Gasteiger partial charge >= 0.3 is 5.97 Å². The van der Waals surface area contributed by atoms with Gasteiger partial charge in [-0.25, -0.2) is 17.7 Å². The molecule has 1 heterocycles. The van der Waals surface area contributed by atoms with Crippen molar-refractivity contribution in [3.05, 3.63) is 86.9 Å². The molecular weight excluding hydrogens is 513 g/mol. The second kappa shape index (κ2) is 9.43. The lowest BCUT2D eigenvalue weighted by Crippen LogP contribution is -2.50. The number of fused-ring (bicyclic) bond motifs is 2. The van der Waals surface area contributed by atoms with Gasteiger partial charge in [0.1, 0.15) is 28.0 Å². The average Bonchev–Trinajstić information content (AvgIpc) is 2.84. The van der Waals surface area contributed by atoms with E-state index in [2.05, 4.69) is 13.1 Å². The van der Waals surface area contributed by atoms with E-state index in [-0.39, 0.29) is 5.57 Å². The van der Waals surface area contributed by atoms with Crippen LogP contribution in [0.25, 0.3) is 5.57 Å². The number of anilines is 1. The molecule has 0 atom stereocenters. The summed E-state index contributed by atoms with van der Waals surface area (Å²) in [5, 5.41) is 23.1. The fourth-order valence-electron chi connectivity index (χ4n) is 5.09. The van der Waals surface area contributed by atoms with Gasteiger partial charge in [-0.1, -0.05) is 19.2 Å². The third-order valence-corrected chi connectivity index (χ3v) is 10.6. The number of carboxylic acids is 2. The molecule has 2 aromatic rings. The number of carbonyl (C=O) groups excluding carboxylic acids is 1. The lowest BCUT2D eigenvalue weighted by molar-refractivity contribution is -0.462. The molecule has 198 valence electrons. The molecular formula is C28H27F3N2O4Si. The fraction of sp³-hybridized carbons (Fsp3) is 0.250. The van der Waals surface area contributed by atoms with Crippen molar-refractivity contribution in [1.29, 1.82) is 0 Å². The lowest BCUT2D eigenvalue weighted by atomic mass is 9.85. The first-order valence-corrected chi connectivity index (χ1v) is 14.8. The number of hydrogen-bond acceptors (Lipinski definition) is 4. The van der Waals surface area contributed by atoms with E-state index in [4.69, 9.17) is 0 Å². The molecule has 0 spiro atoms. The van der Waals surface area contributed by atoms with Crippen LogP contribution in [-0.4, -0.2) is 63.6 Å². The Morgan fingerprint density at radius 2 is 1.71 bits per heavy atom. The summed E-state index contributed by atoms with van der Waals surface area (Å²) in [4.78, 5) is 25.4. The third-order valence-electron chi connectivity index (χ3n) is 7.12. The first-order chi connectivity index (χ1) is 17.7. The summed E-state index contributed by atoms with van der Waals surface area (Å²) >= 11 is 0. The summed E-state index contributed by atoms with van der Waals surface area (Å²) in [7, 11) is 4.95. The molecule has 38 heavy (non-hydrogen) atoms. The molecule has 0 unspecified atom stereocenters. The van der Waals surface area contributed by atoms with Crippen LogP contribution in [0.4, 0.5) is 18.9 Å². The van der Waals surface area contributed by atoms with E-state index < -0.39 is 60.6 Å². The van der Waals surface area contributed by atoms with E-state index in [1.807, 2.05) is 49.8 Å². The maximum Gasteiger partial charge on any atom is 0.308 e. The van der Waals surface area contributed by atoms with Crippen molar-refractivity contribution in [2.75, 3.05) is 33.1 Å². The van der Waals surface area contributed by atoms with Gasteiger partial charge in [-0.15, -0.1) is 0 Å². The van der Waals surface area contributed by atoms with E-state index in [9.17, 15) is 24.2 Å². The summed E-state index contributed by atoms with van der Waals surface area (Å²) in [6, 6.07) is 5.44. The maximum absolute atomic E-state index is 16.1. The van der Waals surface area contributed by atoms with Crippen molar-refractivity contribution in [2.24, 2.45) is 0 Å². The molecule has 2 aliphatic rings. The van der Waals surface area contributed by atoms with Crippen LogP contribution < -0.4 is 15.2 Å². The Balaban J connectivity index is 2.25. The average molecular weight is 541 g/mol. The summed E-state index contributed by atoms with van der Waals surface area (Å²) in [5.74, 6) is -8.85. The first-order valence-electron chi connectivity index (χ1n) is 11.8. The lowest BCUT2D eigenvalue weighted by Gasteiger charge is -2.38. The second-order valence-corrected chi connectivity index (χ2v) is 14.6. The topological polar surface area (TPSA) is 83.7 Å². The Labute approximate surface area is 219 Å². The predicted molar refractivity (Wildman–Crippen MR) is 140 cm³/mol. The van der Waals surface area contributed by atoms with Gasteiger partial charge in [-0.2, -0.15) is 0 Å². The van der Waals surface area contributed by atoms with Gasteiger partial charge in [-0.3, -0.25) is 4.79 Å². The number of carboxylic acid groups (broad SMARTS) is 2. The van der Waals surface area contributed by atoms with Crippen LogP contribution in [0.15, 0.2) is 47.2 Å². The van der Waals surface area contributed by atoms with Gasteiger partial charge < -0.3 is 19.9 Å². The van der Waals surface area contributed by atoms with Crippen LogP contribution >= 0.6 is 0 Å². The van der Waals surface area contributed by atoms with Gasteiger partial charge in [0.2, 0.25) is 0 Å². The molecule has 0 saturated carbocycles. The molecule has 0 aromatic heterocycles. The van der Waals surface area contributed by atoms with E-state index >= 15 is 8.78 Å². The summed E-state index contributed by atoms with van der Waals surface area (Å²) < 4.78 is 48.0.